The number of nitrogens with two attached hydrogens (primary N) is 1. The monoisotopic (exact) mass is 506 g/mol. The SMILES string of the molecule is COCC/N=C/C1CCC(Nc2cc(-c3csc(NCC4(N)CCOCC4)n3)c(Cl)cn2)CC1. The Bertz CT molecular complexity index is 941. The molecular formula is C24H35ClN6O2S. The summed E-state index contributed by atoms with van der Waals surface area (Å²) in [6.07, 6.45) is 9.97. The lowest BCUT2D eigenvalue weighted by atomic mass is 9.87. The van der Waals surface area contributed by atoms with Crippen LogP contribution in [0.5, 0.6) is 0 Å². The molecule has 0 atom stereocenters. The van der Waals surface area contributed by atoms with Gasteiger partial charge in [-0.15, -0.1) is 11.3 Å². The molecular weight excluding hydrogens is 472 g/mol. The molecule has 0 bridgehead atoms. The first-order valence-corrected chi connectivity index (χ1v) is 13.3. The molecule has 4 rings (SSSR count). The van der Waals surface area contributed by atoms with Gasteiger partial charge in [0.15, 0.2) is 5.13 Å². The Hall–Kier alpha value is -1.78. The lowest BCUT2D eigenvalue weighted by Gasteiger charge is -2.33. The maximum atomic E-state index is 6.49. The van der Waals surface area contributed by atoms with Crippen LogP contribution in [0.15, 0.2) is 22.6 Å². The molecule has 0 unspecified atom stereocenters. The van der Waals surface area contributed by atoms with Crippen molar-refractivity contribution in [2.75, 3.05) is 50.7 Å². The number of anilines is 2. The van der Waals surface area contributed by atoms with Gasteiger partial charge in [-0.3, -0.25) is 4.99 Å². The van der Waals surface area contributed by atoms with E-state index in [0.717, 1.165) is 67.3 Å². The van der Waals surface area contributed by atoms with Gasteiger partial charge in [-0.05, 0) is 50.5 Å². The molecule has 10 heteroatoms. The normalized spacial score (nSPS) is 22.7. The number of rotatable bonds is 10. The van der Waals surface area contributed by atoms with Gasteiger partial charge in [0.2, 0.25) is 0 Å². The summed E-state index contributed by atoms with van der Waals surface area (Å²) in [5.74, 6) is 1.39. The summed E-state index contributed by atoms with van der Waals surface area (Å²) in [7, 11) is 1.71. The Balaban J connectivity index is 1.32. The number of ether oxygens (including phenoxy) is 2. The summed E-state index contributed by atoms with van der Waals surface area (Å²) in [6, 6.07) is 2.40. The van der Waals surface area contributed by atoms with Crippen LogP contribution in [0, 0.1) is 5.92 Å². The van der Waals surface area contributed by atoms with Crippen LogP contribution >= 0.6 is 22.9 Å². The van der Waals surface area contributed by atoms with Crippen LogP contribution in [0.2, 0.25) is 5.02 Å². The van der Waals surface area contributed by atoms with Gasteiger partial charge in [0.25, 0.3) is 0 Å². The molecule has 1 saturated heterocycles. The van der Waals surface area contributed by atoms with Crippen molar-refractivity contribution < 1.29 is 9.47 Å². The largest absolute Gasteiger partial charge is 0.383 e. The van der Waals surface area contributed by atoms with E-state index in [1.165, 1.54) is 0 Å². The average Bonchev–Trinajstić information content (AvgIpc) is 3.32. The molecule has 2 aliphatic rings. The lowest BCUT2D eigenvalue weighted by molar-refractivity contribution is 0.0575. The van der Waals surface area contributed by atoms with Crippen LogP contribution < -0.4 is 16.4 Å². The Labute approximate surface area is 210 Å². The van der Waals surface area contributed by atoms with Gasteiger partial charge < -0.3 is 25.8 Å². The average molecular weight is 507 g/mol. The summed E-state index contributed by atoms with van der Waals surface area (Å²) >= 11 is 8.05. The number of nitrogens with zero attached hydrogens (tertiary/aromatic N) is 3. The third kappa shape index (κ3) is 7.11. The molecule has 4 N–H and O–H groups in total. The minimum Gasteiger partial charge on any atom is -0.383 e. The number of nitrogens with one attached hydrogen (secondary N) is 2. The molecule has 3 heterocycles. The van der Waals surface area contributed by atoms with Gasteiger partial charge in [0.1, 0.15) is 5.82 Å². The van der Waals surface area contributed by atoms with E-state index in [2.05, 4.69) is 26.8 Å². The molecule has 8 nitrogen and oxygen atoms in total. The van der Waals surface area contributed by atoms with Gasteiger partial charge >= 0.3 is 0 Å². The summed E-state index contributed by atoms with van der Waals surface area (Å²) in [5.41, 5.74) is 7.97. The number of pyridine rings is 1. The first-order valence-electron chi connectivity index (χ1n) is 12.0. The maximum Gasteiger partial charge on any atom is 0.183 e. The van der Waals surface area contributed by atoms with Crippen LogP contribution in [0.25, 0.3) is 11.3 Å². The van der Waals surface area contributed by atoms with Crippen LogP contribution in [-0.4, -0.2) is 67.8 Å². The highest BCUT2D eigenvalue weighted by molar-refractivity contribution is 7.14. The van der Waals surface area contributed by atoms with Crippen molar-refractivity contribution in [2.45, 2.75) is 50.1 Å². The van der Waals surface area contributed by atoms with Crippen molar-refractivity contribution in [1.29, 1.82) is 0 Å². The minimum absolute atomic E-state index is 0.246. The van der Waals surface area contributed by atoms with Gasteiger partial charge in [0.05, 0.1) is 23.9 Å². The third-order valence-electron chi connectivity index (χ3n) is 6.58. The predicted octanol–water partition coefficient (Wildman–Crippen LogP) is 4.47. The molecule has 0 amide bonds. The highest BCUT2D eigenvalue weighted by Gasteiger charge is 2.28. The number of methoxy groups -OCH3 is 1. The van der Waals surface area contributed by atoms with Crippen molar-refractivity contribution in [3.05, 3.63) is 22.7 Å². The zero-order valence-corrected chi connectivity index (χ0v) is 21.3. The molecule has 1 aliphatic heterocycles. The zero-order chi connectivity index (χ0) is 23.8. The second-order valence-corrected chi connectivity index (χ2v) is 10.5. The van der Waals surface area contributed by atoms with Crippen LogP contribution in [0.4, 0.5) is 10.9 Å². The Kier molecular flexibility index (Phi) is 9.13. The van der Waals surface area contributed by atoms with E-state index in [1.54, 1.807) is 24.6 Å². The van der Waals surface area contributed by atoms with Crippen molar-refractivity contribution in [2.24, 2.45) is 16.6 Å². The molecule has 1 aliphatic carbocycles. The Morgan fingerprint density at radius 2 is 2.12 bits per heavy atom. The van der Waals surface area contributed by atoms with E-state index < -0.39 is 0 Å². The van der Waals surface area contributed by atoms with E-state index in [4.69, 9.17) is 31.8 Å². The molecule has 34 heavy (non-hydrogen) atoms. The fourth-order valence-electron chi connectivity index (χ4n) is 4.39. The summed E-state index contributed by atoms with van der Waals surface area (Å²) in [5, 5.41) is 10.5. The molecule has 2 fully saturated rings. The first kappa shape index (κ1) is 25.3. The summed E-state index contributed by atoms with van der Waals surface area (Å²) in [4.78, 5) is 13.7. The Morgan fingerprint density at radius 3 is 2.88 bits per heavy atom. The van der Waals surface area contributed by atoms with Crippen LogP contribution in [0.1, 0.15) is 38.5 Å². The van der Waals surface area contributed by atoms with E-state index in [9.17, 15) is 0 Å². The number of halogens is 1. The lowest BCUT2D eigenvalue weighted by Crippen LogP contribution is -2.50. The fourth-order valence-corrected chi connectivity index (χ4v) is 5.30. The number of aromatic nitrogens is 2. The van der Waals surface area contributed by atoms with E-state index >= 15 is 0 Å². The molecule has 1 saturated carbocycles. The highest BCUT2D eigenvalue weighted by atomic mass is 35.5. The van der Waals surface area contributed by atoms with Gasteiger partial charge in [-0.25, -0.2) is 9.97 Å². The predicted molar refractivity (Wildman–Crippen MR) is 140 cm³/mol. The first-order chi connectivity index (χ1) is 16.5. The fraction of sp³-hybridized carbons (Fsp3) is 0.625. The molecule has 0 radical (unpaired) electrons. The van der Waals surface area contributed by atoms with Crippen molar-refractivity contribution in [1.82, 2.24) is 9.97 Å². The number of aliphatic imine (C=N–C) groups is 1. The van der Waals surface area contributed by atoms with Gasteiger partial charge in [-0.1, -0.05) is 11.6 Å². The van der Waals surface area contributed by atoms with E-state index in [0.29, 0.717) is 43.3 Å². The quantitative estimate of drug-likeness (QED) is 0.322. The Morgan fingerprint density at radius 1 is 1.32 bits per heavy atom. The van der Waals surface area contributed by atoms with Crippen LogP contribution in [-0.2, 0) is 9.47 Å². The second kappa shape index (κ2) is 12.3. The van der Waals surface area contributed by atoms with E-state index in [1.807, 2.05) is 11.4 Å². The zero-order valence-electron chi connectivity index (χ0n) is 19.8. The third-order valence-corrected chi connectivity index (χ3v) is 7.68. The summed E-state index contributed by atoms with van der Waals surface area (Å²) in [6.45, 7) is 3.53. The van der Waals surface area contributed by atoms with Crippen molar-refractivity contribution in [3.8, 4) is 11.3 Å². The molecule has 2 aromatic rings. The standard InChI is InChI=1S/C24H35ClN6O2S/c1-32-11-8-27-13-17-2-4-18(5-3-17)30-22-12-19(20(25)14-28-22)21-15-34-23(31-21)29-16-24(26)6-9-33-10-7-24/h12-15,17-18H,2-11,16,26H2,1H3,(H,28,30)(H,29,31)/b27-13+. The smallest absolute Gasteiger partial charge is 0.183 e. The molecule has 0 aromatic carbocycles. The molecule has 2 aromatic heterocycles. The molecule has 186 valence electrons. The topological polar surface area (TPSA) is 107 Å². The second-order valence-electron chi connectivity index (χ2n) is 9.22. The highest BCUT2D eigenvalue weighted by Crippen LogP contribution is 2.33. The van der Waals surface area contributed by atoms with Gasteiger partial charge in [0, 0.05) is 61.8 Å². The minimum atomic E-state index is -0.246. The summed E-state index contributed by atoms with van der Waals surface area (Å²) < 4.78 is 10.5. The van der Waals surface area contributed by atoms with Gasteiger partial charge in [-0.2, -0.15) is 0 Å². The van der Waals surface area contributed by atoms with E-state index in [-0.39, 0.29) is 5.54 Å². The number of hydrogen-bond acceptors (Lipinski definition) is 9. The van der Waals surface area contributed by atoms with Crippen molar-refractivity contribution >= 4 is 40.1 Å². The molecule has 0 spiro atoms. The van der Waals surface area contributed by atoms with Crippen molar-refractivity contribution in [3.63, 3.8) is 0 Å². The van der Waals surface area contributed by atoms with Crippen LogP contribution in [0.3, 0.4) is 0 Å². The number of thiazole rings is 1. The number of hydrogen-bond donors (Lipinski definition) is 3. The maximum absolute atomic E-state index is 6.49.